The minimum atomic E-state index is -0.649. The highest BCUT2D eigenvalue weighted by molar-refractivity contribution is 5.95. The minimum Gasteiger partial charge on any atom is -0.497 e. The van der Waals surface area contributed by atoms with Gasteiger partial charge in [0.25, 0.3) is 0 Å². The van der Waals surface area contributed by atoms with Crippen molar-refractivity contribution in [3.8, 4) is 5.75 Å². The summed E-state index contributed by atoms with van der Waals surface area (Å²) in [5.41, 5.74) is 3.89. The first-order valence-electron chi connectivity index (χ1n) is 12.0. The zero-order valence-corrected chi connectivity index (χ0v) is 20.1. The lowest BCUT2D eigenvalue weighted by molar-refractivity contribution is -0.157. The van der Waals surface area contributed by atoms with E-state index in [9.17, 15) is 9.59 Å². The molecule has 36 heavy (non-hydrogen) atoms. The normalized spacial score (nSPS) is 16.9. The number of likely N-dealkylation sites (tertiary alicyclic amines) is 1. The highest BCUT2D eigenvalue weighted by Gasteiger charge is 2.52. The molecule has 1 aliphatic heterocycles. The molecule has 5 rings (SSSR count). The fourth-order valence-electron chi connectivity index (χ4n) is 4.88. The van der Waals surface area contributed by atoms with Crippen LogP contribution in [0.4, 0.5) is 0 Å². The molecule has 0 aromatic heterocycles. The summed E-state index contributed by atoms with van der Waals surface area (Å²) in [6, 6.07) is 36.0. The third-order valence-corrected chi connectivity index (χ3v) is 6.63. The average molecular weight is 477 g/mol. The Balaban J connectivity index is 1.50. The van der Waals surface area contributed by atoms with Crippen LogP contribution in [0, 0.1) is 0 Å². The fraction of sp³-hybridized carbons (Fsp3) is 0.161. The van der Waals surface area contributed by atoms with Gasteiger partial charge >= 0.3 is 0 Å². The van der Waals surface area contributed by atoms with Crippen LogP contribution in [0.25, 0.3) is 0 Å². The second-order valence-corrected chi connectivity index (χ2v) is 8.89. The second kappa shape index (κ2) is 10.5. The van der Waals surface area contributed by atoms with E-state index in [1.165, 1.54) is 0 Å². The molecule has 1 aliphatic rings. The quantitative estimate of drug-likeness (QED) is 0.360. The van der Waals surface area contributed by atoms with Gasteiger partial charge in [0.1, 0.15) is 11.8 Å². The first-order chi connectivity index (χ1) is 17.7. The predicted octanol–water partition coefficient (Wildman–Crippen LogP) is 5.10. The maximum atomic E-state index is 13.7. The predicted molar refractivity (Wildman–Crippen MR) is 139 cm³/mol. The number of hydrogen-bond donors (Lipinski definition) is 1. The molecular formula is C31H28N2O3. The summed E-state index contributed by atoms with van der Waals surface area (Å²) in [5.74, 6) is 0.465. The fourth-order valence-corrected chi connectivity index (χ4v) is 4.88. The van der Waals surface area contributed by atoms with Gasteiger partial charge in [-0.3, -0.25) is 9.59 Å². The van der Waals surface area contributed by atoms with Gasteiger partial charge < -0.3 is 15.0 Å². The third-order valence-electron chi connectivity index (χ3n) is 6.63. The van der Waals surface area contributed by atoms with E-state index in [0.29, 0.717) is 0 Å². The van der Waals surface area contributed by atoms with Gasteiger partial charge in [-0.15, -0.1) is 0 Å². The number of ether oxygens (including phenoxy) is 1. The molecule has 5 nitrogen and oxygen atoms in total. The van der Waals surface area contributed by atoms with Crippen molar-refractivity contribution in [2.75, 3.05) is 7.11 Å². The lowest BCUT2D eigenvalue weighted by Crippen LogP contribution is -2.66. The van der Waals surface area contributed by atoms with Gasteiger partial charge in [0.05, 0.1) is 25.6 Å². The largest absolute Gasteiger partial charge is 0.497 e. The van der Waals surface area contributed by atoms with E-state index >= 15 is 0 Å². The Morgan fingerprint density at radius 2 is 1.33 bits per heavy atom. The maximum absolute atomic E-state index is 13.7. The highest BCUT2D eigenvalue weighted by atomic mass is 16.5. The summed E-state index contributed by atoms with van der Waals surface area (Å²) in [7, 11) is 1.63. The minimum absolute atomic E-state index is 0.102. The van der Waals surface area contributed by atoms with Crippen molar-refractivity contribution < 1.29 is 14.3 Å². The van der Waals surface area contributed by atoms with Crippen LogP contribution in [-0.4, -0.2) is 29.9 Å². The molecule has 0 aliphatic carbocycles. The number of carbonyl (C=O) groups is 2. The first-order valence-corrected chi connectivity index (χ1v) is 12.0. The lowest BCUT2D eigenvalue weighted by atomic mass is 9.83. The lowest BCUT2D eigenvalue weighted by Gasteiger charge is -2.51. The van der Waals surface area contributed by atoms with Crippen LogP contribution in [0.1, 0.15) is 34.3 Å². The van der Waals surface area contributed by atoms with Crippen molar-refractivity contribution in [2.45, 2.75) is 24.5 Å². The van der Waals surface area contributed by atoms with Crippen LogP contribution in [0.15, 0.2) is 115 Å². The van der Waals surface area contributed by atoms with Gasteiger partial charge in [-0.1, -0.05) is 103 Å². The van der Waals surface area contributed by atoms with E-state index in [4.69, 9.17) is 4.74 Å². The average Bonchev–Trinajstić information content (AvgIpc) is 2.94. The summed E-state index contributed by atoms with van der Waals surface area (Å²) < 4.78 is 5.34. The van der Waals surface area contributed by atoms with Crippen LogP contribution in [-0.2, 0) is 16.0 Å². The summed E-state index contributed by atoms with van der Waals surface area (Å²) in [6.07, 6.45) is 0.223. The molecular weight excluding hydrogens is 448 g/mol. The van der Waals surface area contributed by atoms with Crippen LogP contribution >= 0.6 is 0 Å². The monoisotopic (exact) mass is 476 g/mol. The zero-order chi connectivity index (χ0) is 24.9. The molecule has 1 saturated heterocycles. The number of rotatable bonds is 8. The van der Waals surface area contributed by atoms with Crippen molar-refractivity contribution in [3.63, 3.8) is 0 Å². The van der Waals surface area contributed by atoms with E-state index in [2.05, 4.69) is 5.32 Å². The number of amides is 2. The Bertz CT molecular complexity index is 1270. The molecule has 1 heterocycles. The number of methoxy groups -OCH3 is 1. The molecule has 0 spiro atoms. The molecule has 2 unspecified atom stereocenters. The van der Waals surface area contributed by atoms with Crippen molar-refractivity contribution >= 4 is 11.8 Å². The first kappa shape index (κ1) is 23.4. The van der Waals surface area contributed by atoms with Gasteiger partial charge in [0, 0.05) is 0 Å². The number of nitrogens with one attached hydrogen (secondary N) is 1. The summed E-state index contributed by atoms with van der Waals surface area (Å²) in [4.78, 5) is 28.6. The molecule has 4 aromatic carbocycles. The van der Waals surface area contributed by atoms with Gasteiger partial charge in [0.15, 0.2) is 0 Å². The van der Waals surface area contributed by atoms with Crippen LogP contribution in [0.2, 0.25) is 0 Å². The molecule has 1 N–H and O–H groups in total. The summed E-state index contributed by atoms with van der Waals surface area (Å²) in [5, 5.41) is 3.02. The highest BCUT2D eigenvalue weighted by Crippen LogP contribution is 2.44. The van der Waals surface area contributed by atoms with Gasteiger partial charge in [-0.05, 0) is 34.4 Å². The number of carbonyl (C=O) groups excluding carboxylic acids is 2. The summed E-state index contributed by atoms with van der Waals surface area (Å²) >= 11 is 0. The molecule has 2 amide bonds. The third kappa shape index (κ3) is 4.73. The Labute approximate surface area is 211 Å². The van der Waals surface area contributed by atoms with E-state index in [0.717, 1.165) is 28.0 Å². The Morgan fingerprint density at radius 1 is 0.806 bits per heavy atom. The molecule has 0 bridgehead atoms. The maximum Gasteiger partial charge on any atom is 0.249 e. The van der Waals surface area contributed by atoms with E-state index < -0.39 is 6.04 Å². The smallest absolute Gasteiger partial charge is 0.249 e. The molecule has 5 heteroatoms. The van der Waals surface area contributed by atoms with Crippen LogP contribution in [0.5, 0.6) is 5.75 Å². The van der Waals surface area contributed by atoms with Crippen molar-refractivity contribution in [1.29, 1.82) is 0 Å². The second-order valence-electron chi connectivity index (χ2n) is 8.89. The van der Waals surface area contributed by atoms with E-state index in [1.807, 2.05) is 120 Å². The number of hydrogen-bond acceptors (Lipinski definition) is 3. The summed E-state index contributed by atoms with van der Waals surface area (Å²) in [6.45, 7) is 0. The van der Waals surface area contributed by atoms with E-state index in [1.54, 1.807) is 7.11 Å². The van der Waals surface area contributed by atoms with Crippen molar-refractivity contribution in [2.24, 2.45) is 0 Å². The Hall–Kier alpha value is -4.38. The van der Waals surface area contributed by atoms with Gasteiger partial charge in [0.2, 0.25) is 11.8 Å². The topological polar surface area (TPSA) is 58.6 Å². The van der Waals surface area contributed by atoms with Gasteiger partial charge in [-0.2, -0.15) is 0 Å². The number of benzene rings is 4. The SMILES string of the molecule is COc1ccc(C2C(NC(=O)Cc3ccccc3)C(=O)N2C(c2ccccc2)c2ccccc2)cc1. The molecule has 0 radical (unpaired) electrons. The standard InChI is InChI=1S/C31H28N2O3/c1-36-26-19-17-25(18-20-26)30-28(32-27(34)21-22-11-5-2-6-12-22)31(35)33(30)29(23-13-7-3-8-14-23)24-15-9-4-10-16-24/h2-20,28-30H,21H2,1H3,(H,32,34). The van der Waals surface area contributed by atoms with Crippen LogP contribution in [0.3, 0.4) is 0 Å². The zero-order valence-electron chi connectivity index (χ0n) is 20.1. The molecule has 2 atom stereocenters. The molecule has 4 aromatic rings. The van der Waals surface area contributed by atoms with E-state index in [-0.39, 0.29) is 30.3 Å². The molecule has 0 saturated carbocycles. The Morgan fingerprint density at radius 3 is 1.86 bits per heavy atom. The van der Waals surface area contributed by atoms with Crippen LogP contribution < -0.4 is 10.1 Å². The number of nitrogens with zero attached hydrogens (tertiary/aromatic N) is 1. The number of β-lactam (4-membered cyclic amide) rings is 1. The van der Waals surface area contributed by atoms with Crippen molar-refractivity contribution in [3.05, 3.63) is 138 Å². The van der Waals surface area contributed by atoms with Gasteiger partial charge in [-0.25, -0.2) is 0 Å². The molecule has 180 valence electrons. The van der Waals surface area contributed by atoms with Crippen molar-refractivity contribution in [1.82, 2.24) is 10.2 Å². The Kier molecular flexibility index (Phi) is 6.80. The molecule has 1 fully saturated rings.